The van der Waals surface area contributed by atoms with E-state index < -0.39 is 0 Å². The normalized spacial score (nSPS) is 12.3. The second-order valence-corrected chi connectivity index (χ2v) is 8.27. The van der Waals surface area contributed by atoms with Crippen LogP contribution in [0.5, 0.6) is 0 Å². The number of rotatable bonds is 11. The Morgan fingerprint density at radius 1 is 0.870 bits per heavy atom. The molecule has 0 aliphatic rings. The first-order valence-electron chi connectivity index (χ1n) is 8.89. The largest absolute Gasteiger partial charge is 0.350 e. The predicted octanol–water partition coefficient (Wildman–Crippen LogP) is 1.23. The van der Waals surface area contributed by atoms with Gasteiger partial charge < -0.3 is 16.0 Å². The van der Waals surface area contributed by atoms with Gasteiger partial charge in [-0.15, -0.1) is 0 Å². The molecular formula is C18H38N3O2+. The van der Waals surface area contributed by atoms with Crippen molar-refractivity contribution in [3.8, 4) is 0 Å². The fourth-order valence-electron chi connectivity index (χ4n) is 2.04. The number of amides is 1. The van der Waals surface area contributed by atoms with Crippen LogP contribution in [0.25, 0.3) is 0 Å². The van der Waals surface area contributed by atoms with E-state index in [1.54, 1.807) is 0 Å². The van der Waals surface area contributed by atoms with Gasteiger partial charge in [-0.25, -0.2) is 0 Å². The minimum Gasteiger partial charge on any atom is -0.350 e. The van der Waals surface area contributed by atoms with Gasteiger partial charge in [0.2, 0.25) is 5.91 Å². The van der Waals surface area contributed by atoms with Gasteiger partial charge in [-0.3, -0.25) is 9.59 Å². The van der Waals surface area contributed by atoms with Gasteiger partial charge in [0.1, 0.15) is 5.78 Å². The second kappa shape index (κ2) is 10.8. The Hall–Kier alpha value is -0.940. The maximum atomic E-state index is 11.8. The summed E-state index contributed by atoms with van der Waals surface area (Å²) in [5.41, 5.74) is -0.101. The third kappa shape index (κ3) is 14.4. The zero-order valence-electron chi connectivity index (χ0n) is 16.1. The molecule has 5 nitrogen and oxygen atoms in total. The minimum atomic E-state index is -0.264. The van der Waals surface area contributed by atoms with Crippen molar-refractivity contribution >= 4 is 11.7 Å². The first-order valence-corrected chi connectivity index (χ1v) is 8.89. The minimum absolute atomic E-state index is 0.0921. The summed E-state index contributed by atoms with van der Waals surface area (Å²) in [6.07, 6.45) is 2.68. The molecule has 0 bridgehead atoms. The van der Waals surface area contributed by atoms with Crippen LogP contribution in [0.2, 0.25) is 0 Å². The average molecular weight is 329 g/mol. The Morgan fingerprint density at radius 3 is 2.00 bits per heavy atom. The highest BCUT2D eigenvalue weighted by Crippen LogP contribution is 2.18. The lowest BCUT2D eigenvalue weighted by Crippen LogP contribution is -2.87. The van der Waals surface area contributed by atoms with Crippen LogP contribution in [0.4, 0.5) is 0 Å². The number of ketones is 1. The summed E-state index contributed by atoms with van der Waals surface area (Å²) in [7, 11) is 0. The lowest BCUT2D eigenvalue weighted by Gasteiger charge is -2.19. The van der Waals surface area contributed by atoms with Crippen molar-refractivity contribution in [1.82, 2.24) is 10.6 Å². The number of nitrogens with one attached hydrogen (secondary N) is 2. The van der Waals surface area contributed by atoms with E-state index in [2.05, 4.69) is 36.7 Å². The van der Waals surface area contributed by atoms with E-state index in [1.807, 2.05) is 20.8 Å². The molecule has 0 rings (SSSR count). The summed E-state index contributed by atoms with van der Waals surface area (Å²) in [5.74, 6) is 0.366. The third-order valence-corrected chi connectivity index (χ3v) is 3.57. The Morgan fingerprint density at radius 2 is 1.43 bits per heavy atom. The third-order valence-electron chi connectivity index (χ3n) is 3.57. The quantitative estimate of drug-likeness (QED) is 0.499. The molecule has 0 saturated heterocycles. The summed E-state index contributed by atoms with van der Waals surface area (Å²) in [5, 5.41) is 8.57. The fourth-order valence-corrected chi connectivity index (χ4v) is 2.04. The van der Waals surface area contributed by atoms with Gasteiger partial charge >= 0.3 is 0 Å². The molecule has 0 aromatic heterocycles. The highest BCUT2D eigenvalue weighted by molar-refractivity contribution is 5.83. The molecule has 0 aromatic rings. The van der Waals surface area contributed by atoms with E-state index in [0.29, 0.717) is 19.4 Å². The van der Waals surface area contributed by atoms with Crippen LogP contribution in [-0.4, -0.2) is 43.4 Å². The van der Waals surface area contributed by atoms with E-state index in [0.717, 1.165) is 32.5 Å². The molecule has 0 atom stereocenters. The van der Waals surface area contributed by atoms with Crippen molar-refractivity contribution in [1.29, 1.82) is 0 Å². The Kier molecular flexibility index (Phi) is 10.3. The van der Waals surface area contributed by atoms with Gasteiger partial charge in [0.25, 0.3) is 0 Å². The topological polar surface area (TPSA) is 74.8 Å². The van der Waals surface area contributed by atoms with Gasteiger partial charge in [0, 0.05) is 30.3 Å². The summed E-state index contributed by atoms with van der Waals surface area (Å²) in [4.78, 5) is 23.4. The SMILES string of the molecule is CC(C)(C)NCC[NH2+]CCNC(=O)CCCCC(=O)C(C)(C)C. The molecule has 0 unspecified atom stereocenters. The van der Waals surface area contributed by atoms with Crippen LogP contribution in [0.1, 0.15) is 67.2 Å². The molecule has 0 aliphatic heterocycles. The van der Waals surface area contributed by atoms with Gasteiger partial charge in [0.05, 0.1) is 19.6 Å². The number of unbranched alkanes of at least 4 members (excludes halogenated alkanes) is 1. The first-order chi connectivity index (χ1) is 10.5. The standard InChI is InChI=1S/C18H37N3O2/c1-17(2,3)15(22)9-7-8-10-16(23)20-13-11-19-12-14-21-18(4,5)6/h19,21H,7-14H2,1-6H3,(H,20,23)/p+1. The molecule has 0 fully saturated rings. The highest BCUT2D eigenvalue weighted by atomic mass is 16.1. The number of carbonyl (C=O) groups is 2. The van der Waals surface area contributed by atoms with E-state index in [4.69, 9.17) is 0 Å². The van der Waals surface area contributed by atoms with Crippen molar-refractivity contribution in [3.05, 3.63) is 0 Å². The molecule has 4 N–H and O–H groups in total. The van der Waals surface area contributed by atoms with E-state index >= 15 is 0 Å². The monoisotopic (exact) mass is 328 g/mol. The maximum Gasteiger partial charge on any atom is 0.220 e. The van der Waals surface area contributed by atoms with Crippen molar-refractivity contribution in [2.45, 2.75) is 72.8 Å². The molecule has 23 heavy (non-hydrogen) atoms. The Labute approximate surface area is 142 Å². The summed E-state index contributed by atoms with van der Waals surface area (Å²) >= 11 is 0. The molecular weight excluding hydrogens is 290 g/mol. The van der Waals surface area contributed by atoms with E-state index in [1.165, 1.54) is 0 Å². The molecule has 136 valence electrons. The highest BCUT2D eigenvalue weighted by Gasteiger charge is 2.20. The average Bonchev–Trinajstić information content (AvgIpc) is 2.40. The number of carbonyl (C=O) groups excluding carboxylic acids is 2. The summed E-state index contributed by atoms with van der Waals surface area (Å²) in [6, 6.07) is 0. The van der Waals surface area contributed by atoms with Crippen molar-refractivity contribution < 1.29 is 14.9 Å². The van der Waals surface area contributed by atoms with Crippen LogP contribution in [0.3, 0.4) is 0 Å². The van der Waals surface area contributed by atoms with Gasteiger partial charge in [-0.05, 0) is 33.6 Å². The number of quaternary nitrogens is 1. The maximum absolute atomic E-state index is 11.8. The molecule has 0 spiro atoms. The number of hydrogen-bond donors (Lipinski definition) is 3. The van der Waals surface area contributed by atoms with E-state index in [9.17, 15) is 9.59 Å². The predicted molar refractivity (Wildman–Crippen MR) is 95.4 cm³/mol. The van der Waals surface area contributed by atoms with Crippen molar-refractivity contribution in [2.24, 2.45) is 5.41 Å². The van der Waals surface area contributed by atoms with Crippen LogP contribution >= 0.6 is 0 Å². The zero-order chi connectivity index (χ0) is 17.9. The lowest BCUT2D eigenvalue weighted by molar-refractivity contribution is -0.651. The van der Waals surface area contributed by atoms with Gasteiger partial charge in [-0.1, -0.05) is 20.8 Å². The lowest BCUT2D eigenvalue weighted by atomic mass is 9.88. The second-order valence-electron chi connectivity index (χ2n) is 8.27. The number of nitrogens with two attached hydrogens (primary N) is 1. The van der Waals surface area contributed by atoms with Crippen LogP contribution < -0.4 is 16.0 Å². The number of hydrogen-bond acceptors (Lipinski definition) is 3. The van der Waals surface area contributed by atoms with Gasteiger partial charge in [0.15, 0.2) is 0 Å². The van der Waals surface area contributed by atoms with Crippen LogP contribution in [0.15, 0.2) is 0 Å². The van der Waals surface area contributed by atoms with Crippen molar-refractivity contribution in [2.75, 3.05) is 26.2 Å². The van der Waals surface area contributed by atoms with Gasteiger partial charge in [-0.2, -0.15) is 0 Å². The fraction of sp³-hybridized carbons (Fsp3) is 0.889. The zero-order valence-corrected chi connectivity index (χ0v) is 16.1. The molecule has 0 saturated carbocycles. The number of Topliss-reactive ketones (excluding diaryl/α,β-unsaturated/α-hetero) is 1. The molecule has 0 heterocycles. The molecule has 0 aromatic carbocycles. The summed E-state index contributed by atoms with van der Waals surface area (Å²) < 4.78 is 0. The molecule has 0 aliphatic carbocycles. The Balaban J connectivity index is 3.46. The summed E-state index contributed by atoms with van der Waals surface area (Å²) in [6.45, 7) is 15.9. The first kappa shape index (κ1) is 22.1. The van der Waals surface area contributed by atoms with Crippen LogP contribution in [-0.2, 0) is 9.59 Å². The van der Waals surface area contributed by atoms with Crippen LogP contribution in [0, 0.1) is 5.41 Å². The molecule has 5 heteroatoms. The molecule has 0 radical (unpaired) electrons. The Bertz CT molecular complexity index is 354. The smallest absolute Gasteiger partial charge is 0.220 e. The van der Waals surface area contributed by atoms with Crippen molar-refractivity contribution in [3.63, 3.8) is 0 Å². The van der Waals surface area contributed by atoms with E-state index in [-0.39, 0.29) is 22.6 Å². The molecule has 1 amide bonds.